The fourth-order valence-corrected chi connectivity index (χ4v) is 3.12. The van der Waals surface area contributed by atoms with Gasteiger partial charge in [-0.1, -0.05) is 18.2 Å². The lowest BCUT2D eigenvalue weighted by Gasteiger charge is -2.08. The maximum Gasteiger partial charge on any atom is 0.387 e. The zero-order chi connectivity index (χ0) is 19.2. The Morgan fingerprint density at radius 2 is 1.96 bits per heavy atom. The summed E-state index contributed by atoms with van der Waals surface area (Å²) in [6.07, 6.45) is 0. The first kappa shape index (κ1) is 18.7. The van der Waals surface area contributed by atoms with Crippen LogP contribution in [0.1, 0.15) is 15.4 Å². The van der Waals surface area contributed by atoms with Gasteiger partial charge in [-0.2, -0.15) is 8.78 Å². The SMILES string of the molecule is O=C(CNC(=O)c1cccc(OC(F)F)c1)OCc1nc2ccccc2s1. The van der Waals surface area contributed by atoms with Crippen LogP contribution in [-0.2, 0) is 16.1 Å². The summed E-state index contributed by atoms with van der Waals surface area (Å²) in [7, 11) is 0. The highest BCUT2D eigenvalue weighted by atomic mass is 32.1. The molecule has 1 N–H and O–H groups in total. The first-order valence-electron chi connectivity index (χ1n) is 7.84. The zero-order valence-corrected chi connectivity index (χ0v) is 14.7. The first-order chi connectivity index (χ1) is 13.0. The number of carbonyl (C=O) groups excluding carboxylic acids is 2. The second kappa shape index (κ2) is 8.54. The van der Waals surface area contributed by atoms with E-state index in [1.807, 2.05) is 24.3 Å². The number of halogens is 2. The maximum absolute atomic E-state index is 12.2. The molecule has 0 radical (unpaired) electrons. The van der Waals surface area contributed by atoms with Gasteiger partial charge < -0.3 is 14.8 Å². The van der Waals surface area contributed by atoms with Gasteiger partial charge in [-0.15, -0.1) is 11.3 Å². The molecule has 0 aliphatic heterocycles. The molecular formula is C18H14F2N2O4S. The molecule has 3 aromatic rings. The van der Waals surface area contributed by atoms with Gasteiger partial charge in [0.2, 0.25) is 0 Å². The number of thiazole rings is 1. The summed E-state index contributed by atoms with van der Waals surface area (Å²) < 4.78 is 34.7. The van der Waals surface area contributed by atoms with Gasteiger partial charge >= 0.3 is 12.6 Å². The normalized spacial score (nSPS) is 10.8. The third-order valence-corrected chi connectivity index (χ3v) is 4.42. The van der Waals surface area contributed by atoms with Gasteiger partial charge in [-0.25, -0.2) is 4.98 Å². The van der Waals surface area contributed by atoms with Crippen molar-refractivity contribution in [2.75, 3.05) is 6.54 Å². The Hall–Kier alpha value is -3.07. The van der Waals surface area contributed by atoms with Gasteiger partial charge in [0, 0.05) is 5.56 Å². The molecule has 2 aromatic carbocycles. The molecule has 0 saturated heterocycles. The molecule has 1 aromatic heterocycles. The number of carbonyl (C=O) groups is 2. The number of rotatable bonds is 7. The predicted octanol–water partition coefficient (Wildman–Crippen LogP) is 3.37. The molecule has 3 rings (SSSR count). The van der Waals surface area contributed by atoms with Crippen molar-refractivity contribution in [2.45, 2.75) is 13.2 Å². The molecule has 0 spiro atoms. The molecule has 0 aliphatic carbocycles. The topological polar surface area (TPSA) is 77.5 Å². The molecule has 27 heavy (non-hydrogen) atoms. The van der Waals surface area contributed by atoms with Crippen molar-refractivity contribution in [2.24, 2.45) is 0 Å². The first-order valence-corrected chi connectivity index (χ1v) is 8.66. The van der Waals surface area contributed by atoms with Crippen LogP contribution >= 0.6 is 11.3 Å². The van der Waals surface area contributed by atoms with Gasteiger partial charge in [0.05, 0.1) is 10.2 Å². The number of nitrogens with one attached hydrogen (secondary N) is 1. The van der Waals surface area contributed by atoms with Gasteiger partial charge in [0.15, 0.2) is 0 Å². The Labute approximate surface area is 156 Å². The third kappa shape index (κ3) is 5.20. The van der Waals surface area contributed by atoms with Crippen LogP contribution in [0.15, 0.2) is 48.5 Å². The van der Waals surface area contributed by atoms with E-state index in [1.54, 1.807) is 0 Å². The smallest absolute Gasteiger partial charge is 0.387 e. The van der Waals surface area contributed by atoms with E-state index in [1.165, 1.54) is 29.5 Å². The maximum atomic E-state index is 12.2. The molecule has 1 heterocycles. The highest BCUT2D eigenvalue weighted by Crippen LogP contribution is 2.22. The van der Waals surface area contributed by atoms with Crippen LogP contribution in [0.2, 0.25) is 0 Å². The number of nitrogens with zero attached hydrogens (tertiary/aromatic N) is 1. The Morgan fingerprint density at radius 1 is 1.15 bits per heavy atom. The van der Waals surface area contributed by atoms with Crippen LogP contribution in [-0.4, -0.2) is 30.0 Å². The van der Waals surface area contributed by atoms with Gasteiger partial charge in [-0.3, -0.25) is 9.59 Å². The number of aromatic nitrogens is 1. The molecular weight excluding hydrogens is 378 g/mol. The van der Waals surface area contributed by atoms with Crippen LogP contribution < -0.4 is 10.1 Å². The van der Waals surface area contributed by atoms with Crippen molar-refractivity contribution >= 4 is 33.4 Å². The number of ether oxygens (including phenoxy) is 2. The number of hydrogen-bond acceptors (Lipinski definition) is 6. The minimum Gasteiger partial charge on any atom is -0.457 e. The molecule has 0 fully saturated rings. The Kier molecular flexibility index (Phi) is 5.92. The van der Waals surface area contributed by atoms with Gasteiger partial charge in [0.25, 0.3) is 5.91 Å². The highest BCUT2D eigenvalue weighted by molar-refractivity contribution is 7.18. The molecule has 0 bridgehead atoms. The van der Waals surface area contributed by atoms with Gasteiger partial charge in [-0.05, 0) is 30.3 Å². The number of hydrogen-bond donors (Lipinski definition) is 1. The summed E-state index contributed by atoms with van der Waals surface area (Å²) in [5.74, 6) is -1.38. The number of esters is 1. The number of fused-ring (bicyclic) bond motifs is 1. The summed E-state index contributed by atoms with van der Waals surface area (Å²) in [5.41, 5.74) is 0.917. The molecule has 140 valence electrons. The van der Waals surface area contributed by atoms with Crippen LogP contribution in [0.4, 0.5) is 8.78 Å². The van der Waals surface area contributed by atoms with E-state index in [9.17, 15) is 18.4 Å². The lowest BCUT2D eigenvalue weighted by Crippen LogP contribution is -2.30. The van der Waals surface area contributed by atoms with E-state index in [2.05, 4.69) is 15.0 Å². The van der Waals surface area contributed by atoms with Crippen LogP contribution in [0.25, 0.3) is 10.2 Å². The molecule has 6 nitrogen and oxygen atoms in total. The molecule has 0 atom stereocenters. The van der Waals surface area contributed by atoms with Crippen molar-refractivity contribution < 1.29 is 27.8 Å². The Bertz CT molecular complexity index is 928. The molecule has 0 unspecified atom stereocenters. The van der Waals surface area contributed by atoms with Crippen molar-refractivity contribution in [3.63, 3.8) is 0 Å². The van der Waals surface area contributed by atoms with Crippen molar-refractivity contribution in [3.8, 4) is 5.75 Å². The quantitative estimate of drug-likeness (QED) is 0.624. The van der Waals surface area contributed by atoms with Crippen LogP contribution in [0.3, 0.4) is 0 Å². The van der Waals surface area contributed by atoms with E-state index in [0.29, 0.717) is 5.01 Å². The largest absolute Gasteiger partial charge is 0.457 e. The number of amides is 1. The Morgan fingerprint density at radius 3 is 2.74 bits per heavy atom. The number of benzene rings is 2. The lowest BCUT2D eigenvalue weighted by atomic mass is 10.2. The monoisotopic (exact) mass is 392 g/mol. The summed E-state index contributed by atoms with van der Waals surface area (Å²) in [6, 6.07) is 12.8. The molecule has 1 amide bonds. The van der Waals surface area contributed by atoms with Crippen molar-refractivity contribution in [1.82, 2.24) is 10.3 Å². The minimum atomic E-state index is -2.99. The average Bonchev–Trinajstić information content (AvgIpc) is 3.07. The van der Waals surface area contributed by atoms with E-state index in [-0.39, 0.29) is 24.5 Å². The lowest BCUT2D eigenvalue weighted by molar-refractivity contribution is -0.143. The fraction of sp³-hybridized carbons (Fsp3) is 0.167. The summed E-state index contributed by atoms with van der Waals surface area (Å²) in [4.78, 5) is 28.1. The second-order valence-electron chi connectivity index (χ2n) is 5.33. The van der Waals surface area contributed by atoms with Gasteiger partial charge in [0.1, 0.15) is 23.9 Å². The average molecular weight is 392 g/mol. The second-order valence-corrected chi connectivity index (χ2v) is 6.44. The molecule has 0 aliphatic rings. The predicted molar refractivity (Wildman–Crippen MR) is 94.8 cm³/mol. The van der Waals surface area contributed by atoms with E-state index < -0.39 is 18.5 Å². The zero-order valence-electron chi connectivity index (χ0n) is 13.9. The van der Waals surface area contributed by atoms with E-state index in [0.717, 1.165) is 16.3 Å². The number of para-hydroxylation sites is 1. The van der Waals surface area contributed by atoms with E-state index in [4.69, 9.17) is 4.74 Å². The van der Waals surface area contributed by atoms with Crippen molar-refractivity contribution in [1.29, 1.82) is 0 Å². The van der Waals surface area contributed by atoms with Crippen LogP contribution in [0, 0.1) is 0 Å². The van der Waals surface area contributed by atoms with Crippen molar-refractivity contribution in [3.05, 3.63) is 59.1 Å². The number of alkyl halides is 2. The standard InChI is InChI=1S/C18H14F2N2O4S/c19-18(20)26-12-5-3-4-11(8-12)17(24)21-9-16(23)25-10-15-22-13-6-1-2-7-14(13)27-15/h1-8,18H,9-10H2,(H,21,24). The third-order valence-electron chi connectivity index (χ3n) is 3.41. The summed E-state index contributed by atoms with van der Waals surface area (Å²) in [5, 5.41) is 3.01. The van der Waals surface area contributed by atoms with Crippen LogP contribution in [0.5, 0.6) is 5.75 Å². The fourth-order valence-electron chi connectivity index (χ4n) is 2.24. The minimum absolute atomic E-state index is 0.00572. The summed E-state index contributed by atoms with van der Waals surface area (Å²) in [6.45, 7) is -3.34. The summed E-state index contributed by atoms with van der Waals surface area (Å²) >= 11 is 1.42. The Balaban J connectivity index is 1.49. The molecule has 0 saturated carbocycles. The molecule has 9 heteroatoms. The highest BCUT2D eigenvalue weighted by Gasteiger charge is 2.12. The van der Waals surface area contributed by atoms with E-state index >= 15 is 0 Å².